The molecule has 1 rings (SSSR count). The summed E-state index contributed by atoms with van der Waals surface area (Å²) in [4.78, 5) is 17.3. The van der Waals surface area contributed by atoms with Crippen LogP contribution in [-0.2, 0) is 11.2 Å². The van der Waals surface area contributed by atoms with E-state index in [1.54, 1.807) is 26.2 Å². The Morgan fingerprint density at radius 3 is 2.50 bits per heavy atom. The molecule has 0 aliphatic rings. The highest BCUT2D eigenvalue weighted by atomic mass is 16.3. The van der Waals surface area contributed by atoms with Crippen molar-refractivity contribution in [3.8, 4) is 5.75 Å². The molecule has 1 amide bonds. The lowest BCUT2D eigenvalue weighted by molar-refractivity contribution is -0.127. The number of hydrogen-bond donors (Lipinski definition) is 3. The van der Waals surface area contributed by atoms with Crippen molar-refractivity contribution >= 4 is 11.9 Å². The van der Waals surface area contributed by atoms with Gasteiger partial charge in [-0.3, -0.25) is 4.79 Å². The molecule has 0 aliphatic heterocycles. The number of likely N-dealkylation sites (N-methyl/N-ethyl adjacent to an activating group) is 1. The van der Waals surface area contributed by atoms with E-state index in [1.807, 2.05) is 19.1 Å². The van der Waals surface area contributed by atoms with Crippen molar-refractivity contribution in [3.63, 3.8) is 0 Å². The van der Waals surface area contributed by atoms with Gasteiger partial charge in [-0.2, -0.15) is 0 Å². The van der Waals surface area contributed by atoms with Crippen molar-refractivity contribution in [1.82, 2.24) is 15.5 Å². The highest BCUT2D eigenvalue weighted by molar-refractivity contribution is 5.84. The van der Waals surface area contributed by atoms with Crippen LogP contribution >= 0.6 is 0 Å². The Morgan fingerprint density at radius 2 is 1.91 bits per heavy atom. The SMILES string of the molecule is CCNC(=NCC(=O)N(C)C)NCCCc1ccc(O)cc1. The maximum absolute atomic E-state index is 11.5. The lowest BCUT2D eigenvalue weighted by Gasteiger charge is -2.12. The Balaban J connectivity index is 2.36. The van der Waals surface area contributed by atoms with Crippen LogP contribution < -0.4 is 10.6 Å². The van der Waals surface area contributed by atoms with E-state index in [1.165, 1.54) is 10.5 Å². The van der Waals surface area contributed by atoms with Crippen molar-refractivity contribution in [2.75, 3.05) is 33.7 Å². The number of nitrogens with one attached hydrogen (secondary N) is 2. The standard InChI is InChI=1S/C16H26N4O2/c1-4-17-16(19-12-15(22)20(2)3)18-11-5-6-13-7-9-14(21)10-8-13/h7-10,21H,4-6,11-12H2,1-3H3,(H2,17,18,19). The second-order valence-corrected chi connectivity index (χ2v) is 5.18. The number of amides is 1. The first kappa shape index (κ1) is 17.8. The highest BCUT2D eigenvalue weighted by Gasteiger charge is 2.03. The predicted molar refractivity (Wildman–Crippen MR) is 89.1 cm³/mol. The molecule has 0 radical (unpaired) electrons. The van der Waals surface area contributed by atoms with Gasteiger partial charge in [0.05, 0.1) is 0 Å². The van der Waals surface area contributed by atoms with E-state index in [0.29, 0.717) is 5.96 Å². The molecule has 0 atom stereocenters. The van der Waals surface area contributed by atoms with E-state index in [9.17, 15) is 9.90 Å². The van der Waals surface area contributed by atoms with Crippen LogP contribution in [0.15, 0.2) is 29.3 Å². The highest BCUT2D eigenvalue weighted by Crippen LogP contribution is 2.10. The first-order chi connectivity index (χ1) is 10.5. The number of aromatic hydroxyl groups is 1. The van der Waals surface area contributed by atoms with Gasteiger partial charge in [0, 0.05) is 27.2 Å². The van der Waals surface area contributed by atoms with Crippen molar-refractivity contribution in [2.24, 2.45) is 4.99 Å². The summed E-state index contributed by atoms with van der Waals surface area (Å²) in [6.45, 7) is 3.64. The second kappa shape index (κ2) is 9.65. The molecule has 0 saturated heterocycles. The largest absolute Gasteiger partial charge is 0.508 e. The third-order valence-electron chi connectivity index (χ3n) is 3.09. The Labute approximate surface area is 132 Å². The van der Waals surface area contributed by atoms with Gasteiger partial charge in [-0.25, -0.2) is 4.99 Å². The van der Waals surface area contributed by atoms with Gasteiger partial charge in [-0.1, -0.05) is 12.1 Å². The van der Waals surface area contributed by atoms with Crippen molar-refractivity contribution in [1.29, 1.82) is 0 Å². The van der Waals surface area contributed by atoms with E-state index in [-0.39, 0.29) is 18.2 Å². The van der Waals surface area contributed by atoms with Gasteiger partial charge < -0.3 is 20.6 Å². The smallest absolute Gasteiger partial charge is 0.243 e. The maximum atomic E-state index is 11.5. The zero-order valence-electron chi connectivity index (χ0n) is 13.6. The van der Waals surface area contributed by atoms with Crippen LogP contribution in [0.2, 0.25) is 0 Å². The fourth-order valence-corrected chi connectivity index (χ4v) is 1.79. The number of phenolic OH excluding ortho intramolecular Hbond substituents is 1. The van der Waals surface area contributed by atoms with Crippen LogP contribution in [0.3, 0.4) is 0 Å². The molecule has 3 N–H and O–H groups in total. The van der Waals surface area contributed by atoms with E-state index >= 15 is 0 Å². The lowest BCUT2D eigenvalue weighted by Crippen LogP contribution is -2.39. The van der Waals surface area contributed by atoms with Crippen LogP contribution in [0.1, 0.15) is 18.9 Å². The minimum absolute atomic E-state index is 0.0266. The van der Waals surface area contributed by atoms with Gasteiger partial charge in [0.1, 0.15) is 12.3 Å². The Morgan fingerprint density at radius 1 is 1.23 bits per heavy atom. The zero-order chi connectivity index (χ0) is 16.4. The summed E-state index contributed by atoms with van der Waals surface area (Å²) >= 11 is 0. The summed E-state index contributed by atoms with van der Waals surface area (Å²) < 4.78 is 0. The molecule has 0 aromatic heterocycles. The number of aryl methyl sites for hydroxylation is 1. The van der Waals surface area contributed by atoms with E-state index in [2.05, 4.69) is 15.6 Å². The number of guanidine groups is 1. The molecule has 0 unspecified atom stereocenters. The van der Waals surface area contributed by atoms with Gasteiger partial charge in [-0.05, 0) is 37.5 Å². The molecule has 22 heavy (non-hydrogen) atoms. The molecular formula is C16H26N4O2. The summed E-state index contributed by atoms with van der Waals surface area (Å²) in [5.41, 5.74) is 1.18. The van der Waals surface area contributed by atoms with Gasteiger partial charge in [-0.15, -0.1) is 0 Å². The zero-order valence-corrected chi connectivity index (χ0v) is 13.6. The third kappa shape index (κ3) is 6.97. The number of carbonyl (C=O) groups is 1. The molecule has 0 bridgehead atoms. The molecule has 6 heteroatoms. The summed E-state index contributed by atoms with van der Waals surface area (Å²) in [7, 11) is 3.44. The van der Waals surface area contributed by atoms with Crippen molar-refractivity contribution in [3.05, 3.63) is 29.8 Å². The van der Waals surface area contributed by atoms with Crippen LogP contribution in [0.4, 0.5) is 0 Å². The molecule has 122 valence electrons. The fourth-order valence-electron chi connectivity index (χ4n) is 1.79. The van der Waals surface area contributed by atoms with Gasteiger partial charge in [0.15, 0.2) is 5.96 Å². The minimum atomic E-state index is -0.0266. The minimum Gasteiger partial charge on any atom is -0.508 e. The van der Waals surface area contributed by atoms with Crippen molar-refractivity contribution < 1.29 is 9.90 Å². The molecule has 0 saturated carbocycles. The topological polar surface area (TPSA) is 77.0 Å². The number of nitrogens with zero attached hydrogens (tertiary/aromatic N) is 2. The quantitative estimate of drug-likeness (QED) is 0.398. The van der Waals surface area contributed by atoms with Crippen LogP contribution in [-0.4, -0.2) is 55.6 Å². The Bertz CT molecular complexity index is 483. The summed E-state index contributed by atoms with van der Waals surface area (Å²) in [6, 6.07) is 7.23. The average molecular weight is 306 g/mol. The molecular weight excluding hydrogens is 280 g/mol. The Kier molecular flexibility index (Phi) is 7.81. The summed E-state index contributed by atoms with van der Waals surface area (Å²) in [6.07, 6.45) is 1.86. The van der Waals surface area contributed by atoms with E-state index in [4.69, 9.17) is 0 Å². The van der Waals surface area contributed by atoms with Gasteiger partial charge >= 0.3 is 0 Å². The number of phenols is 1. The molecule has 0 fully saturated rings. The maximum Gasteiger partial charge on any atom is 0.243 e. The van der Waals surface area contributed by atoms with Crippen LogP contribution in [0, 0.1) is 0 Å². The second-order valence-electron chi connectivity index (χ2n) is 5.18. The molecule has 1 aromatic carbocycles. The Hall–Kier alpha value is -2.24. The number of aliphatic imine (C=N–C) groups is 1. The van der Waals surface area contributed by atoms with Crippen molar-refractivity contribution in [2.45, 2.75) is 19.8 Å². The molecule has 0 spiro atoms. The van der Waals surface area contributed by atoms with Gasteiger partial charge in [0.2, 0.25) is 5.91 Å². The van der Waals surface area contributed by atoms with Crippen LogP contribution in [0.5, 0.6) is 5.75 Å². The lowest BCUT2D eigenvalue weighted by atomic mass is 10.1. The number of hydrogen-bond acceptors (Lipinski definition) is 3. The number of benzene rings is 1. The number of rotatable bonds is 7. The van der Waals surface area contributed by atoms with Gasteiger partial charge in [0.25, 0.3) is 0 Å². The molecule has 1 aromatic rings. The van der Waals surface area contributed by atoms with E-state index < -0.39 is 0 Å². The third-order valence-corrected chi connectivity index (χ3v) is 3.09. The number of carbonyl (C=O) groups excluding carboxylic acids is 1. The van der Waals surface area contributed by atoms with Crippen LogP contribution in [0.25, 0.3) is 0 Å². The normalized spacial score (nSPS) is 11.1. The first-order valence-electron chi connectivity index (χ1n) is 7.53. The fraction of sp³-hybridized carbons (Fsp3) is 0.500. The first-order valence-corrected chi connectivity index (χ1v) is 7.53. The average Bonchev–Trinajstić information content (AvgIpc) is 2.50. The monoisotopic (exact) mass is 306 g/mol. The molecule has 0 aliphatic carbocycles. The summed E-state index contributed by atoms with van der Waals surface area (Å²) in [5, 5.41) is 15.6. The predicted octanol–water partition coefficient (Wildman–Crippen LogP) is 0.968. The molecule has 0 heterocycles. The summed E-state index contributed by atoms with van der Waals surface area (Å²) in [5.74, 6) is 0.915. The van der Waals surface area contributed by atoms with E-state index in [0.717, 1.165) is 25.9 Å². The molecule has 6 nitrogen and oxygen atoms in total.